The van der Waals surface area contributed by atoms with Gasteiger partial charge in [0.2, 0.25) is 0 Å². The molecule has 0 aromatic heterocycles. The molecule has 1 N–H and O–H groups in total. The summed E-state index contributed by atoms with van der Waals surface area (Å²) in [4.78, 5) is 0. The summed E-state index contributed by atoms with van der Waals surface area (Å²) in [6.07, 6.45) is 0. The summed E-state index contributed by atoms with van der Waals surface area (Å²) in [5, 5.41) is 3.80. The van der Waals surface area contributed by atoms with Crippen molar-refractivity contribution >= 4 is 17.3 Å². The van der Waals surface area contributed by atoms with Crippen LogP contribution in [0.25, 0.3) is 0 Å². The van der Waals surface area contributed by atoms with Crippen LogP contribution in [-0.4, -0.2) is 19.8 Å². The van der Waals surface area contributed by atoms with Crippen LogP contribution >= 0.6 is 11.6 Å². The Labute approximate surface area is 102 Å². The number of benzene rings is 1. The first-order valence-electron chi connectivity index (χ1n) is 5.55. The highest BCUT2D eigenvalue weighted by atomic mass is 35.5. The van der Waals surface area contributed by atoms with Crippen molar-refractivity contribution in [3.8, 4) is 11.5 Å². The van der Waals surface area contributed by atoms with Crippen LogP contribution in [0.5, 0.6) is 11.5 Å². The number of anilines is 1. The molecule has 0 bridgehead atoms. The maximum absolute atomic E-state index is 6.10. The largest absolute Gasteiger partial charge is 0.492 e. The Balaban J connectivity index is 3.03. The van der Waals surface area contributed by atoms with Crippen molar-refractivity contribution < 1.29 is 9.47 Å². The summed E-state index contributed by atoms with van der Waals surface area (Å²) >= 11 is 6.10. The van der Waals surface area contributed by atoms with Crippen molar-refractivity contribution in [3.63, 3.8) is 0 Å². The van der Waals surface area contributed by atoms with Crippen LogP contribution < -0.4 is 14.8 Å². The van der Waals surface area contributed by atoms with Crippen molar-refractivity contribution in [2.45, 2.75) is 20.8 Å². The van der Waals surface area contributed by atoms with E-state index in [4.69, 9.17) is 21.1 Å². The Morgan fingerprint density at radius 1 is 1.06 bits per heavy atom. The predicted molar refractivity (Wildman–Crippen MR) is 68.0 cm³/mol. The zero-order valence-corrected chi connectivity index (χ0v) is 10.7. The zero-order valence-electron chi connectivity index (χ0n) is 9.97. The summed E-state index contributed by atoms with van der Waals surface area (Å²) in [6.45, 7) is 7.93. The van der Waals surface area contributed by atoms with E-state index in [1.807, 2.05) is 32.9 Å². The van der Waals surface area contributed by atoms with Crippen molar-refractivity contribution in [1.82, 2.24) is 0 Å². The molecule has 1 rings (SSSR count). The molecule has 1 aromatic carbocycles. The second kappa shape index (κ2) is 6.48. The molecular weight excluding hydrogens is 226 g/mol. The summed E-state index contributed by atoms with van der Waals surface area (Å²) < 4.78 is 10.9. The molecular formula is C12H18ClNO2. The van der Waals surface area contributed by atoms with Crippen LogP contribution in [0.2, 0.25) is 5.02 Å². The minimum absolute atomic E-state index is 0.589. The number of rotatable bonds is 6. The van der Waals surface area contributed by atoms with Crippen LogP contribution in [0, 0.1) is 0 Å². The highest BCUT2D eigenvalue weighted by Gasteiger charge is 2.09. The maximum atomic E-state index is 6.10. The lowest BCUT2D eigenvalue weighted by Crippen LogP contribution is -2.02. The molecule has 16 heavy (non-hydrogen) atoms. The van der Waals surface area contributed by atoms with Crippen LogP contribution in [-0.2, 0) is 0 Å². The Morgan fingerprint density at radius 3 is 2.25 bits per heavy atom. The number of hydrogen-bond donors (Lipinski definition) is 1. The second-order valence-corrected chi connectivity index (χ2v) is 3.58. The van der Waals surface area contributed by atoms with Crippen LogP contribution in [0.4, 0.5) is 5.69 Å². The van der Waals surface area contributed by atoms with Crippen molar-refractivity contribution in [2.24, 2.45) is 0 Å². The van der Waals surface area contributed by atoms with E-state index < -0.39 is 0 Å². The highest BCUT2D eigenvalue weighted by molar-refractivity contribution is 6.32. The molecule has 0 radical (unpaired) electrons. The molecule has 0 heterocycles. The average molecular weight is 244 g/mol. The van der Waals surface area contributed by atoms with Gasteiger partial charge in [-0.05, 0) is 26.8 Å². The van der Waals surface area contributed by atoms with E-state index in [-0.39, 0.29) is 0 Å². The van der Waals surface area contributed by atoms with E-state index in [9.17, 15) is 0 Å². The van der Waals surface area contributed by atoms with E-state index >= 15 is 0 Å². The fourth-order valence-electron chi connectivity index (χ4n) is 1.40. The second-order valence-electron chi connectivity index (χ2n) is 3.18. The van der Waals surface area contributed by atoms with Gasteiger partial charge in [-0.1, -0.05) is 11.6 Å². The quantitative estimate of drug-likeness (QED) is 0.829. The van der Waals surface area contributed by atoms with Gasteiger partial charge in [0.15, 0.2) is 0 Å². The van der Waals surface area contributed by atoms with Crippen molar-refractivity contribution in [1.29, 1.82) is 0 Å². The predicted octanol–water partition coefficient (Wildman–Crippen LogP) is 3.57. The molecule has 0 aliphatic carbocycles. The molecule has 0 amide bonds. The Kier molecular flexibility index (Phi) is 5.26. The molecule has 3 nitrogen and oxygen atoms in total. The summed E-state index contributed by atoms with van der Waals surface area (Å²) in [7, 11) is 0. The molecule has 0 unspecified atom stereocenters. The summed E-state index contributed by atoms with van der Waals surface area (Å²) in [6, 6.07) is 3.66. The molecule has 4 heteroatoms. The van der Waals surface area contributed by atoms with Gasteiger partial charge in [-0.15, -0.1) is 0 Å². The van der Waals surface area contributed by atoms with Crippen LogP contribution in [0.15, 0.2) is 12.1 Å². The molecule has 0 fully saturated rings. The highest BCUT2D eigenvalue weighted by Crippen LogP contribution is 2.36. The fourth-order valence-corrected chi connectivity index (χ4v) is 1.62. The average Bonchev–Trinajstić information content (AvgIpc) is 2.25. The Bertz CT molecular complexity index is 342. The van der Waals surface area contributed by atoms with E-state index in [1.165, 1.54) is 0 Å². The maximum Gasteiger partial charge on any atom is 0.146 e. The minimum Gasteiger partial charge on any atom is -0.492 e. The first-order chi connectivity index (χ1) is 7.72. The summed E-state index contributed by atoms with van der Waals surface area (Å²) in [5.74, 6) is 1.44. The molecule has 1 aromatic rings. The first kappa shape index (κ1) is 13.0. The SMILES string of the molecule is CCNc1cc(Cl)c(OCC)cc1OCC. The molecule has 0 saturated carbocycles. The molecule has 0 atom stereocenters. The smallest absolute Gasteiger partial charge is 0.146 e. The van der Waals surface area contributed by atoms with Gasteiger partial charge in [-0.2, -0.15) is 0 Å². The van der Waals surface area contributed by atoms with Gasteiger partial charge in [0.1, 0.15) is 11.5 Å². The number of nitrogens with one attached hydrogen (secondary N) is 1. The lowest BCUT2D eigenvalue weighted by Gasteiger charge is -2.14. The van der Waals surface area contributed by atoms with Crippen molar-refractivity contribution in [3.05, 3.63) is 17.2 Å². The summed E-state index contributed by atoms with van der Waals surface area (Å²) in [5.41, 5.74) is 0.901. The Morgan fingerprint density at radius 2 is 1.69 bits per heavy atom. The monoisotopic (exact) mass is 243 g/mol. The topological polar surface area (TPSA) is 30.5 Å². The van der Waals surface area contributed by atoms with Gasteiger partial charge in [0.05, 0.1) is 23.9 Å². The first-order valence-corrected chi connectivity index (χ1v) is 5.93. The van der Waals surface area contributed by atoms with Gasteiger partial charge in [-0.25, -0.2) is 0 Å². The van der Waals surface area contributed by atoms with Crippen LogP contribution in [0.3, 0.4) is 0 Å². The van der Waals surface area contributed by atoms with Crippen LogP contribution in [0.1, 0.15) is 20.8 Å². The number of halogens is 1. The molecule has 0 aliphatic heterocycles. The fraction of sp³-hybridized carbons (Fsp3) is 0.500. The normalized spacial score (nSPS) is 10.0. The third kappa shape index (κ3) is 3.20. The van der Waals surface area contributed by atoms with E-state index in [0.29, 0.717) is 24.0 Å². The van der Waals surface area contributed by atoms with Gasteiger partial charge < -0.3 is 14.8 Å². The van der Waals surface area contributed by atoms with Gasteiger partial charge >= 0.3 is 0 Å². The van der Waals surface area contributed by atoms with E-state index in [2.05, 4.69) is 5.32 Å². The molecule has 90 valence electrons. The minimum atomic E-state index is 0.589. The lowest BCUT2D eigenvalue weighted by molar-refractivity contribution is 0.324. The number of hydrogen-bond acceptors (Lipinski definition) is 3. The zero-order chi connectivity index (χ0) is 12.0. The lowest BCUT2D eigenvalue weighted by atomic mass is 10.2. The third-order valence-electron chi connectivity index (χ3n) is 2.00. The molecule has 0 saturated heterocycles. The van der Waals surface area contributed by atoms with Gasteiger partial charge in [0.25, 0.3) is 0 Å². The molecule has 0 aliphatic rings. The van der Waals surface area contributed by atoms with E-state index in [1.54, 1.807) is 0 Å². The third-order valence-corrected chi connectivity index (χ3v) is 2.30. The van der Waals surface area contributed by atoms with Gasteiger partial charge in [-0.3, -0.25) is 0 Å². The standard InChI is InChI=1S/C12H18ClNO2/c1-4-14-10-7-9(13)11(15-5-2)8-12(10)16-6-3/h7-8,14H,4-6H2,1-3H3. The van der Waals surface area contributed by atoms with Gasteiger partial charge in [0, 0.05) is 12.6 Å². The number of ether oxygens (including phenoxy) is 2. The Hall–Kier alpha value is -1.09. The molecule has 0 spiro atoms. The van der Waals surface area contributed by atoms with Crippen molar-refractivity contribution in [2.75, 3.05) is 25.1 Å². The van der Waals surface area contributed by atoms with E-state index in [0.717, 1.165) is 18.0 Å².